The van der Waals surface area contributed by atoms with Gasteiger partial charge in [-0.1, -0.05) is 0 Å². The first kappa shape index (κ1) is 15.4. The van der Waals surface area contributed by atoms with Crippen LogP contribution in [-0.2, 0) is 16.1 Å². The monoisotopic (exact) mass is 296 g/mol. The first-order chi connectivity index (χ1) is 10.2. The summed E-state index contributed by atoms with van der Waals surface area (Å²) >= 11 is 0. The van der Waals surface area contributed by atoms with Crippen molar-refractivity contribution in [2.24, 2.45) is 0 Å². The number of carbonyl (C=O) groups excluding carboxylic acids is 1. The van der Waals surface area contributed by atoms with Crippen molar-refractivity contribution in [3.05, 3.63) is 17.7 Å². The minimum Gasteiger partial charge on any atom is -0.507 e. The van der Waals surface area contributed by atoms with E-state index in [0.29, 0.717) is 49.7 Å². The van der Waals surface area contributed by atoms with Gasteiger partial charge in [-0.3, -0.25) is 4.79 Å². The maximum absolute atomic E-state index is 11.5. The average molecular weight is 296 g/mol. The molecule has 0 bridgehead atoms. The van der Waals surface area contributed by atoms with E-state index in [1.165, 1.54) is 6.07 Å². The number of amides is 1. The molecule has 1 amide bonds. The highest BCUT2D eigenvalue weighted by Gasteiger charge is 2.16. The van der Waals surface area contributed by atoms with Gasteiger partial charge >= 0.3 is 0 Å². The Morgan fingerprint density at radius 3 is 2.86 bits per heavy atom. The van der Waals surface area contributed by atoms with E-state index in [1.807, 2.05) is 0 Å². The topological polar surface area (TPSA) is 89.1 Å². The summed E-state index contributed by atoms with van der Waals surface area (Å²) in [6, 6.07) is 3.28. The van der Waals surface area contributed by atoms with Gasteiger partial charge in [-0.2, -0.15) is 0 Å². The van der Waals surface area contributed by atoms with Crippen LogP contribution in [0.1, 0.15) is 12.0 Å². The minimum absolute atomic E-state index is 0.0329. The number of benzene rings is 1. The number of ether oxygens (including phenoxy) is 3. The van der Waals surface area contributed by atoms with E-state index in [4.69, 9.17) is 14.2 Å². The Bertz CT molecular complexity index is 492. The lowest BCUT2D eigenvalue weighted by Crippen LogP contribution is -2.29. The number of fused-ring (bicyclic) bond motifs is 1. The summed E-state index contributed by atoms with van der Waals surface area (Å²) in [4.78, 5) is 11.5. The van der Waals surface area contributed by atoms with Crippen LogP contribution in [0.15, 0.2) is 12.1 Å². The molecule has 116 valence electrons. The molecule has 1 aromatic rings. The molecule has 3 N–H and O–H groups in total. The van der Waals surface area contributed by atoms with Gasteiger partial charge in [0.2, 0.25) is 12.7 Å². The second-order valence-corrected chi connectivity index (χ2v) is 4.60. The number of nitrogens with one attached hydrogen (secondary N) is 2. The number of phenolic OH excluding ortho intramolecular Hbond substituents is 1. The lowest BCUT2D eigenvalue weighted by molar-refractivity contribution is -0.121. The van der Waals surface area contributed by atoms with Crippen LogP contribution >= 0.6 is 0 Å². The zero-order chi connectivity index (χ0) is 15.1. The fraction of sp³-hybridized carbons (Fsp3) is 0.500. The molecule has 1 aromatic carbocycles. The molecule has 21 heavy (non-hydrogen) atoms. The first-order valence-electron chi connectivity index (χ1n) is 6.78. The SMILES string of the molecule is COCCNC(=O)CCNCc1cc2c(cc1O)OCO2. The second-order valence-electron chi connectivity index (χ2n) is 4.60. The smallest absolute Gasteiger partial charge is 0.231 e. The molecule has 0 saturated carbocycles. The first-order valence-corrected chi connectivity index (χ1v) is 6.78. The molecule has 0 saturated heterocycles. The van der Waals surface area contributed by atoms with E-state index in [-0.39, 0.29) is 18.4 Å². The van der Waals surface area contributed by atoms with Crippen molar-refractivity contribution in [3.8, 4) is 17.2 Å². The highest BCUT2D eigenvalue weighted by molar-refractivity contribution is 5.76. The van der Waals surface area contributed by atoms with Crippen LogP contribution in [0.2, 0.25) is 0 Å². The molecule has 2 rings (SSSR count). The Morgan fingerprint density at radius 2 is 2.10 bits per heavy atom. The summed E-state index contributed by atoms with van der Waals surface area (Å²) in [6.07, 6.45) is 0.370. The normalized spacial score (nSPS) is 12.4. The highest BCUT2D eigenvalue weighted by atomic mass is 16.7. The number of aromatic hydroxyl groups is 1. The van der Waals surface area contributed by atoms with Crippen LogP contribution in [0.3, 0.4) is 0 Å². The molecule has 0 atom stereocenters. The molecule has 1 heterocycles. The van der Waals surface area contributed by atoms with Crippen LogP contribution < -0.4 is 20.1 Å². The average Bonchev–Trinajstić information content (AvgIpc) is 2.91. The molecule has 0 fully saturated rings. The van der Waals surface area contributed by atoms with E-state index < -0.39 is 0 Å². The molecular formula is C14H20N2O5. The molecule has 0 unspecified atom stereocenters. The summed E-state index contributed by atoms with van der Waals surface area (Å²) in [6.45, 7) is 2.16. The van der Waals surface area contributed by atoms with Crippen molar-refractivity contribution in [1.29, 1.82) is 0 Å². The standard InChI is InChI=1S/C14H20N2O5/c1-19-5-4-16-14(18)2-3-15-8-10-6-12-13(7-11(10)17)21-9-20-12/h6-7,15,17H,2-5,8-9H2,1H3,(H,16,18). The molecule has 0 spiro atoms. The van der Waals surface area contributed by atoms with Crippen molar-refractivity contribution >= 4 is 5.91 Å². The highest BCUT2D eigenvalue weighted by Crippen LogP contribution is 2.37. The summed E-state index contributed by atoms with van der Waals surface area (Å²) in [5, 5.41) is 15.7. The van der Waals surface area contributed by atoms with Gasteiger partial charge in [0.15, 0.2) is 11.5 Å². The minimum atomic E-state index is -0.0329. The quantitative estimate of drug-likeness (QED) is 0.600. The summed E-state index contributed by atoms with van der Waals surface area (Å²) in [5.41, 5.74) is 0.707. The number of hydrogen-bond donors (Lipinski definition) is 3. The summed E-state index contributed by atoms with van der Waals surface area (Å²) in [5.74, 6) is 1.29. The van der Waals surface area contributed by atoms with Crippen LogP contribution in [0.5, 0.6) is 17.2 Å². The number of carbonyl (C=O) groups is 1. The third-order valence-electron chi connectivity index (χ3n) is 3.05. The van der Waals surface area contributed by atoms with E-state index in [9.17, 15) is 9.90 Å². The van der Waals surface area contributed by atoms with Crippen molar-refractivity contribution in [2.45, 2.75) is 13.0 Å². The third kappa shape index (κ3) is 4.51. The van der Waals surface area contributed by atoms with E-state index in [0.717, 1.165) is 0 Å². The Balaban J connectivity index is 1.70. The maximum Gasteiger partial charge on any atom is 0.231 e. The number of hydrogen-bond acceptors (Lipinski definition) is 6. The van der Waals surface area contributed by atoms with Gasteiger partial charge in [-0.05, 0) is 6.07 Å². The number of rotatable bonds is 8. The Labute approximate surface area is 123 Å². The predicted octanol–water partition coefficient (Wildman–Crippen LogP) is 0.363. The second kappa shape index (κ2) is 7.70. The number of phenols is 1. The summed E-state index contributed by atoms with van der Waals surface area (Å²) in [7, 11) is 1.59. The van der Waals surface area contributed by atoms with Crippen LogP contribution in [0, 0.1) is 0 Å². The molecule has 7 heteroatoms. The molecule has 1 aliphatic heterocycles. The van der Waals surface area contributed by atoms with Gasteiger partial charge in [0.1, 0.15) is 5.75 Å². The van der Waals surface area contributed by atoms with Crippen LogP contribution in [0.4, 0.5) is 0 Å². The molecular weight excluding hydrogens is 276 g/mol. The Morgan fingerprint density at radius 1 is 1.33 bits per heavy atom. The van der Waals surface area contributed by atoms with Crippen molar-refractivity contribution < 1.29 is 24.1 Å². The van der Waals surface area contributed by atoms with E-state index >= 15 is 0 Å². The molecule has 1 aliphatic rings. The van der Waals surface area contributed by atoms with Crippen molar-refractivity contribution in [2.75, 3.05) is 33.6 Å². The number of methoxy groups -OCH3 is 1. The zero-order valence-electron chi connectivity index (χ0n) is 12.0. The molecule has 0 aliphatic carbocycles. The van der Waals surface area contributed by atoms with Gasteiger partial charge in [0.25, 0.3) is 0 Å². The van der Waals surface area contributed by atoms with Crippen molar-refractivity contribution in [1.82, 2.24) is 10.6 Å². The van der Waals surface area contributed by atoms with Gasteiger partial charge in [0.05, 0.1) is 6.61 Å². The van der Waals surface area contributed by atoms with Crippen LogP contribution in [0.25, 0.3) is 0 Å². The Hall–Kier alpha value is -1.99. The van der Waals surface area contributed by atoms with Gasteiger partial charge in [-0.25, -0.2) is 0 Å². The molecule has 7 nitrogen and oxygen atoms in total. The molecule has 0 aromatic heterocycles. The molecule has 0 radical (unpaired) electrons. The lowest BCUT2D eigenvalue weighted by atomic mass is 10.1. The van der Waals surface area contributed by atoms with Gasteiger partial charge in [0, 0.05) is 44.8 Å². The predicted molar refractivity (Wildman–Crippen MR) is 75.4 cm³/mol. The Kier molecular flexibility index (Phi) is 5.65. The maximum atomic E-state index is 11.5. The fourth-order valence-corrected chi connectivity index (χ4v) is 1.92. The fourth-order valence-electron chi connectivity index (χ4n) is 1.92. The van der Waals surface area contributed by atoms with E-state index in [2.05, 4.69) is 10.6 Å². The zero-order valence-corrected chi connectivity index (χ0v) is 12.0. The van der Waals surface area contributed by atoms with Crippen molar-refractivity contribution in [3.63, 3.8) is 0 Å². The lowest BCUT2D eigenvalue weighted by Gasteiger charge is -2.08. The third-order valence-corrected chi connectivity index (χ3v) is 3.05. The van der Waals surface area contributed by atoms with E-state index in [1.54, 1.807) is 13.2 Å². The summed E-state index contributed by atoms with van der Waals surface area (Å²) < 4.78 is 15.3. The largest absolute Gasteiger partial charge is 0.507 e. The van der Waals surface area contributed by atoms with Gasteiger partial charge in [-0.15, -0.1) is 0 Å². The van der Waals surface area contributed by atoms with Crippen LogP contribution in [-0.4, -0.2) is 44.6 Å². The van der Waals surface area contributed by atoms with Gasteiger partial charge < -0.3 is 30.0 Å².